The molecule has 0 N–H and O–H groups in total. The minimum absolute atomic E-state index is 0.0426. The van der Waals surface area contributed by atoms with E-state index in [1.54, 1.807) is 6.07 Å². The second-order valence-electron chi connectivity index (χ2n) is 7.08. The zero-order valence-electron chi connectivity index (χ0n) is 15.2. The third-order valence-corrected chi connectivity index (χ3v) is 8.37. The van der Waals surface area contributed by atoms with E-state index in [9.17, 15) is 13.2 Å². The van der Waals surface area contributed by atoms with E-state index in [0.717, 1.165) is 11.1 Å². The molecule has 2 aliphatic rings. The number of thioether (sulfide) groups is 1. The number of sulfone groups is 1. The van der Waals surface area contributed by atoms with Crippen LogP contribution in [-0.2, 0) is 21.1 Å². The molecule has 5 nitrogen and oxygen atoms in total. The molecule has 2 fully saturated rings. The molecule has 0 aromatic heterocycles. The van der Waals surface area contributed by atoms with E-state index >= 15 is 0 Å². The monoisotopic (exact) mass is 434 g/mol. The van der Waals surface area contributed by atoms with Gasteiger partial charge in [-0.2, -0.15) is 4.99 Å². The SMILES string of the molecule is Cc1cccc(CC(=O)N=C2SC3CS(=O)(=O)CC3N2c2ccccc2Cl)c1. The van der Waals surface area contributed by atoms with Gasteiger partial charge in [-0.3, -0.25) is 4.79 Å². The van der Waals surface area contributed by atoms with E-state index in [4.69, 9.17) is 11.6 Å². The molecular weight excluding hydrogens is 416 g/mol. The highest BCUT2D eigenvalue weighted by Gasteiger charge is 2.49. The highest BCUT2D eigenvalue weighted by molar-refractivity contribution is 8.16. The summed E-state index contributed by atoms with van der Waals surface area (Å²) in [5.41, 5.74) is 2.68. The predicted molar refractivity (Wildman–Crippen MR) is 115 cm³/mol. The number of para-hydroxylation sites is 1. The zero-order valence-corrected chi connectivity index (χ0v) is 17.6. The summed E-state index contributed by atoms with van der Waals surface area (Å²) in [5.74, 6) is -0.122. The summed E-state index contributed by atoms with van der Waals surface area (Å²) in [6.45, 7) is 1.98. The van der Waals surface area contributed by atoms with Crippen molar-refractivity contribution in [2.24, 2.45) is 4.99 Å². The minimum Gasteiger partial charge on any atom is -0.314 e. The lowest BCUT2D eigenvalue weighted by atomic mass is 10.1. The smallest absolute Gasteiger partial charge is 0.252 e. The Balaban J connectivity index is 1.66. The van der Waals surface area contributed by atoms with E-state index < -0.39 is 9.84 Å². The number of amides is 1. The van der Waals surface area contributed by atoms with E-state index in [-0.39, 0.29) is 35.1 Å². The van der Waals surface area contributed by atoms with Gasteiger partial charge in [0.2, 0.25) is 0 Å². The van der Waals surface area contributed by atoms with Crippen molar-refractivity contribution >= 4 is 50.0 Å². The van der Waals surface area contributed by atoms with Gasteiger partial charge in [-0.25, -0.2) is 8.42 Å². The number of fused-ring (bicyclic) bond motifs is 1. The van der Waals surface area contributed by atoms with Gasteiger partial charge in [0.05, 0.1) is 34.7 Å². The summed E-state index contributed by atoms with van der Waals surface area (Å²) < 4.78 is 24.3. The number of carbonyl (C=O) groups is 1. The Morgan fingerprint density at radius 3 is 2.75 bits per heavy atom. The van der Waals surface area contributed by atoms with Gasteiger partial charge in [-0.05, 0) is 24.6 Å². The van der Waals surface area contributed by atoms with Gasteiger partial charge in [0.15, 0.2) is 15.0 Å². The van der Waals surface area contributed by atoms with Gasteiger partial charge in [0.1, 0.15) is 0 Å². The maximum Gasteiger partial charge on any atom is 0.252 e. The second kappa shape index (κ2) is 7.54. The van der Waals surface area contributed by atoms with Crippen LogP contribution in [0, 0.1) is 6.92 Å². The molecular formula is C20H19ClN2O3S2. The Morgan fingerprint density at radius 2 is 2.00 bits per heavy atom. The number of halogens is 1. The number of aliphatic imine (C=N–C) groups is 1. The first-order chi connectivity index (χ1) is 13.3. The first-order valence-electron chi connectivity index (χ1n) is 8.90. The molecule has 2 aliphatic heterocycles. The van der Waals surface area contributed by atoms with Gasteiger partial charge in [-0.15, -0.1) is 0 Å². The fourth-order valence-corrected chi connectivity index (χ4v) is 7.79. The van der Waals surface area contributed by atoms with Crippen LogP contribution in [0.3, 0.4) is 0 Å². The van der Waals surface area contributed by atoms with Gasteiger partial charge in [-0.1, -0.05) is 65.3 Å². The summed E-state index contributed by atoms with van der Waals surface area (Å²) in [7, 11) is -3.11. The fourth-order valence-electron chi connectivity index (χ4n) is 3.64. The van der Waals surface area contributed by atoms with Crippen molar-refractivity contribution in [3.63, 3.8) is 0 Å². The van der Waals surface area contributed by atoms with Crippen LogP contribution in [-0.4, -0.2) is 42.3 Å². The summed E-state index contributed by atoms with van der Waals surface area (Å²) in [6.07, 6.45) is 0.204. The quantitative estimate of drug-likeness (QED) is 0.739. The number of amidine groups is 1. The predicted octanol–water partition coefficient (Wildman–Crippen LogP) is 3.49. The van der Waals surface area contributed by atoms with Crippen molar-refractivity contribution in [1.29, 1.82) is 0 Å². The third-order valence-electron chi connectivity index (χ3n) is 4.84. The number of benzene rings is 2. The second-order valence-corrected chi connectivity index (χ2v) is 10.8. The molecule has 0 saturated carbocycles. The lowest BCUT2D eigenvalue weighted by molar-refractivity contribution is -0.117. The standard InChI is InChI=1S/C20H19ClN2O3S2/c1-13-5-4-6-14(9-13)10-19(24)22-20-23(16-8-3-2-7-15(16)21)17-11-28(25,26)12-18(17)27-20/h2-9,17-18H,10-12H2,1H3. The van der Waals surface area contributed by atoms with Crippen molar-refractivity contribution in [1.82, 2.24) is 0 Å². The van der Waals surface area contributed by atoms with Crippen molar-refractivity contribution in [2.75, 3.05) is 16.4 Å². The summed E-state index contributed by atoms with van der Waals surface area (Å²) in [5, 5.41) is 0.884. The molecule has 2 aromatic carbocycles. The molecule has 8 heteroatoms. The van der Waals surface area contributed by atoms with Crippen molar-refractivity contribution in [3.05, 3.63) is 64.7 Å². The van der Waals surface area contributed by atoms with Crippen LogP contribution in [0.25, 0.3) is 0 Å². The zero-order chi connectivity index (χ0) is 19.9. The normalized spacial score (nSPS) is 24.5. The van der Waals surface area contributed by atoms with Crippen LogP contribution < -0.4 is 4.90 Å². The van der Waals surface area contributed by atoms with Crippen LogP contribution in [0.5, 0.6) is 0 Å². The van der Waals surface area contributed by atoms with Crippen LogP contribution in [0.4, 0.5) is 5.69 Å². The number of anilines is 1. The molecule has 0 spiro atoms. The van der Waals surface area contributed by atoms with E-state index in [1.807, 2.05) is 54.3 Å². The van der Waals surface area contributed by atoms with Gasteiger partial charge < -0.3 is 4.90 Å². The van der Waals surface area contributed by atoms with Crippen LogP contribution in [0.15, 0.2) is 53.5 Å². The molecule has 2 saturated heterocycles. The third kappa shape index (κ3) is 3.97. The highest BCUT2D eigenvalue weighted by Crippen LogP contribution is 2.42. The summed E-state index contributed by atoms with van der Waals surface area (Å²) in [4.78, 5) is 18.8. The molecule has 4 rings (SSSR count). The van der Waals surface area contributed by atoms with Crippen LogP contribution in [0.2, 0.25) is 5.02 Å². The van der Waals surface area contributed by atoms with Gasteiger partial charge in [0, 0.05) is 5.25 Å². The van der Waals surface area contributed by atoms with E-state index in [0.29, 0.717) is 15.9 Å². The number of hydrogen-bond donors (Lipinski definition) is 0. The largest absolute Gasteiger partial charge is 0.314 e. The highest BCUT2D eigenvalue weighted by atomic mass is 35.5. The molecule has 2 atom stereocenters. The number of nitrogens with zero attached hydrogens (tertiary/aromatic N) is 2. The molecule has 2 heterocycles. The number of hydrogen-bond acceptors (Lipinski definition) is 4. The van der Waals surface area contributed by atoms with Gasteiger partial charge >= 0.3 is 0 Å². The van der Waals surface area contributed by atoms with E-state index in [1.165, 1.54) is 11.8 Å². The number of rotatable bonds is 3. The first-order valence-corrected chi connectivity index (χ1v) is 12.0. The molecule has 2 unspecified atom stereocenters. The van der Waals surface area contributed by atoms with Crippen LogP contribution in [0.1, 0.15) is 11.1 Å². The molecule has 1 amide bonds. The first kappa shape index (κ1) is 19.5. The molecule has 0 aliphatic carbocycles. The summed E-state index contributed by atoms with van der Waals surface area (Å²) >= 11 is 7.73. The number of aryl methyl sites for hydroxylation is 1. The number of carbonyl (C=O) groups excluding carboxylic acids is 1. The lowest BCUT2D eigenvalue weighted by Crippen LogP contribution is -2.38. The molecule has 0 bridgehead atoms. The Bertz CT molecular complexity index is 1070. The Kier molecular flexibility index (Phi) is 5.24. The summed E-state index contributed by atoms with van der Waals surface area (Å²) in [6, 6.07) is 14.7. The molecule has 146 valence electrons. The molecule has 0 radical (unpaired) electrons. The average molecular weight is 435 g/mol. The van der Waals surface area contributed by atoms with Crippen LogP contribution >= 0.6 is 23.4 Å². The maximum atomic E-state index is 12.6. The Morgan fingerprint density at radius 1 is 1.21 bits per heavy atom. The molecule has 28 heavy (non-hydrogen) atoms. The molecule has 2 aromatic rings. The lowest BCUT2D eigenvalue weighted by Gasteiger charge is -2.25. The van der Waals surface area contributed by atoms with Crippen molar-refractivity contribution in [2.45, 2.75) is 24.6 Å². The fraction of sp³-hybridized carbons (Fsp3) is 0.300. The Labute approximate surface area is 173 Å². The topological polar surface area (TPSA) is 66.8 Å². The maximum absolute atomic E-state index is 12.6. The minimum atomic E-state index is -3.11. The van der Waals surface area contributed by atoms with Crippen molar-refractivity contribution in [3.8, 4) is 0 Å². The Hall–Kier alpha value is -1.83. The van der Waals surface area contributed by atoms with Crippen molar-refractivity contribution < 1.29 is 13.2 Å². The van der Waals surface area contributed by atoms with Gasteiger partial charge in [0.25, 0.3) is 5.91 Å². The van der Waals surface area contributed by atoms with E-state index in [2.05, 4.69) is 4.99 Å². The average Bonchev–Trinajstić information content (AvgIpc) is 3.06.